The molecule has 0 bridgehead atoms. The van der Waals surface area contributed by atoms with Crippen LogP contribution >= 0.6 is 0 Å². The van der Waals surface area contributed by atoms with Crippen LogP contribution in [0.25, 0.3) is 0 Å². The fourth-order valence-electron chi connectivity index (χ4n) is 2.68. The van der Waals surface area contributed by atoms with E-state index in [1.54, 1.807) is 0 Å². The standard InChI is InChI=1S/C14H30N2O/c1-4-14(8-7-9-14)12-15-10-13(17)11-16(5-2)6-3/h13,15,17H,4-12H2,1-3H3. The summed E-state index contributed by atoms with van der Waals surface area (Å²) in [7, 11) is 0. The Morgan fingerprint density at radius 2 is 1.88 bits per heavy atom. The molecule has 0 heterocycles. The van der Waals surface area contributed by atoms with Crippen LogP contribution < -0.4 is 5.32 Å². The first-order chi connectivity index (χ1) is 8.15. The summed E-state index contributed by atoms with van der Waals surface area (Å²) in [6, 6.07) is 0. The van der Waals surface area contributed by atoms with Crippen LogP contribution in [0.5, 0.6) is 0 Å². The van der Waals surface area contributed by atoms with Gasteiger partial charge in [0.2, 0.25) is 0 Å². The molecule has 0 aliphatic heterocycles. The second-order valence-electron chi connectivity index (χ2n) is 5.48. The number of hydrogen-bond donors (Lipinski definition) is 2. The summed E-state index contributed by atoms with van der Waals surface area (Å²) in [5, 5.41) is 13.4. The molecule has 0 radical (unpaired) electrons. The second kappa shape index (κ2) is 7.34. The zero-order chi connectivity index (χ0) is 12.7. The number of rotatable bonds is 9. The van der Waals surface area contributed by atoms with Gasteiger partial charge in [0.05, 0.1) is 6.10 Å². The Bertz CT molecular complexity index is 195. The van der Waals surface area contributed by atoms with Crippen LogP contribution in [0.15, 0.2) is 0 Å². The first-order valence-corrected chi connectivity index (χ1v) is 7.27. The van der Waals surface area contributed by atoms with E-state index in [0.717, 1.165) is 32.7 Å². The number of likely N-dealkylation sites (N-methyl/N-ethyl adjacent to an activating group) is 1. The van der Waals surface area contributed by atoms with Crippen molar-refractivity contribution in [3.05, 3.63) is 0 Å². The van der Waals surface area contributed by atoms with Gasteiger partial charge in [0.1, 0.15) is 0 Å². The summed E-state index contributed by atoms with van der Waals surface area (Å²) in [5.74, 6) is 0. The average Bonchev–Trinajstić information content (AvgIpc) is 2.29. The quantitative estimate of drug-likeness (QED) is 0.648. The van der Waals surface area contributed by atoms with Crippen LogP contribution in [0, 0.1) is 5.41 Å². The largest absolute Gasteiger partial charge is 0.390 e. The summed E-state index contributed by atoms with van der Waals surface area (Å²) in [6.45, 7) is 11.2. The molecular weight excluding hydrogens is 212 g/mol. The van der Waals surface area contributed by atoms with Crippen LogP contribution in [0.4, 0.5) is 0 Å². The topological polar surface area (TPSA) is 35.5 Å². The Morgan fingerprint density at radius 1 is 1.24 bits per heavy atom. The highest BCUT2D eigenvalue weighted by molar-refractivity contribution is 4.88. The van der Waals surface area contributed by atoms with Gasteiger partial charge in [-0.1, -0.05) is 27.2 Å². The molecule has 0 saturated heterocycles. The van der Waals surface area contributed by atoms with Crippen molar-refractivity contribution in [1.29, 1.82) is 0 Å². The molecule has 1 saturated carbocycles. The molecule has 102 valence electrons. The van der Waals surface area contributed by atoms with Crippen LogP contribution in [0.1, 0.15) is 46.5 Å². The van der Waals surface area contributed by atoms with Crippen molar-refractivity contribution < 1.29 is 5.11 Å². The van der Waals surface area contributed by atoms with Crippen molar-refractivity contribution in [3.63, 3.8) is 0 Å². The Morgan fingerprint density at radius 3 is 2.29 bits per heavy atom. The molecule has 0 aromatic carbocycles. The zero-order valence-corrected chi connectivity index (χ0v) is 11.8. The van der Waals surface area contributed by atoms with Crippen molar-refractivity contribution in [3.8, 4) is 0 Å². The van der Waals surface area contributed by atoms with E-state index in [-0.39, 0.29) is 6.10 Å². The highest BCUT2D eigenvalue weighted by atomic mass is 16.3. The van der Waals surface area contributed by atoms with Crippen molar-refractivity contribution >= 4 is 0 Å². The molecule has 1 fully saturated rings. The van der Waals surface area contributed by atoms with Crippen LogP contribution in [-0.4, -0.2) is 48.8 Å². The van der Waals surface area contributed by atoms with Crippen molar-refractivity contribution in [2.75, 3.05) is 32.7 Å². The first-order valence-electron chi connectivity index (χ1n) is 7.27. The van der Waals surface area contributed by atoms with Gasteiger partial charge < -0.3 is 15.3 Å². The molecule has 0 aromatic heterocycles. The maximum absolute atomic E-state index is 9.94. The van der Waals surface area contributed by atoms with Gasteiger partial charge in [-0.25, -0.2) is 0 Å². The molecular formula is C14H30N2O. The molecule has 0 aromatic rings. The predicted molar refractivity (Wildman–Crippen MR) is 73.2 cm³/mol. The maximum Gasteiger partial charge on any atom is 0.0791 e. The molecule has 17 heavy (non-hydrogen) atoms. The van der Waals surface area contributed by atoms with Gasteiger partial charge in [0.15, 0.2) is 0 Å². The van der Waals surface area contributed by atoms with E-state index < -0.39 is 0 Å². The minimum Gasteiger partial charge on any atom is -0.390 e. The molecule has 1 aliphatic rings. The lowest BCUT2D eigenvalue weighted by molar-refractivity contribution is 0.0933. The lowest BCUT2D eigenvalue weighted by Gasteiger charge is -2.41. The van der Waals surface area contributed by atoms with E-state index in [0.29, 0.717) is 5.41 Å². The van der Waals surface area contributed by atoms with Crippen molar-refractivity contribution in [1.82, 2.24) is 10.2 Å². The van der Waals surface area contributed by atoms with E-state index >= 15 is 0 Å². The average molecular weight is 242 g/mol. The van der Waals surface area contributed by atoms with Gasteiger partial charge in [-0.15, -0.1) is 0 Å². The first kappa shape index (κ1) is 14.9. The Hall–Kier alpha value is -0.120. The summed E-state index contributed by atoms with van der Waals surface area (Å²) in [4.78, 5) is 2.27. The monoisotopic (exact) mass is 242 g/mol. The van der Waals surface area contributed by atoms with Crippen molar-refractivity contribution in [2.45, 2.75) is 52.6 Å². The van der Waals surface area contributed by atoms with Gasteiger partial charge in [0.25, 0.3) is 0 Å². The molecule has 2 N–H and O–H groups in total. The third-order valence-corrected chi connectivity index (χ3v) is 4.41. The van der Waals surface area contributed by atoms with E-state index in [9.17, 15) is 5.11 Å². The van der Waals surface area contributed by atoms with Gasteiger partial charge in [0, 0.05) is 19.6 Å². The predicted octanol–water partition coefficient (Wildman–Crippen LogP) is 1.86. The van der Waals surface area contributed by atoms with E-state index in [1.807, 2.05) is 0 Å². The number of aliphatic hydroxyl groups is 1. The van der Waals surface area contributed by atoms with Crippen LogP contribution in [0.3, 0.4) is 0 Å². The Kier molecular flexibility index (Phi) is 6.45. The molecule has 1 unspecified atom stereocenters. The van der Waals surface area contributed by atoms with Gasteiger partial charge in [-0.05, 0) is 37.8 Å². The van der Waals surface area contributed by atoms with Crippen LogP contribution in [0.2, 0.25) is 0 Å². The third kappa shape index (κ3) is 4.57. The summed E-state index contributed by atoms with van der Waals surface area (Å²) in [5.41, 5.74) is 0.551. The van der Waals surface area contributed by atoms with Crippen LogP contribution in [-0.2, 0) is 0 Å². The van der Waals surface area contributed by atoms with E-state index in [2.05, 4.69) is 31.0 Å². The second-order valence-corrected chi connectivity index (χ2v) is 5.48. The molecule has 0 amide bonds. The number of nitrogens with one attached hydrogen (secondary N) is 1. The minimum absolute atomic E-state index is 0.233. The summed E-state index contributed by atoms with van der Waals surface area (Å²) in [6.07, 6.45) is 5.15. The smallest absolute Gasteiger partial charge is 0.0791 e. The highest BCUT2D eigenvalue weighted by Crippen LogP contribution is 2.42. The Balaban J connectivity index is 2.13. The number of nitrogens with zero attached hydrogens (tertiary/aromatic N) is 1. The van der Waals surface area contributed by atoms with E-state index in [1.165, 1.54) is 25.7 Å². The molecule has 3 nitrogen and oxygen atoms in total. The third-order valence-electron chi connectivity index (χ3n) is 4.41. The van der Waals surface area contributed by atoms with Gasteiger partial charge in [-0.3, -0.25) is 0 Å². The van der Waals surface area contributed by atoms with Gasteiger partial charge >= 0.3 is 0 Å². The maximum atomic E-state index is 9.94. The fraction of sp³-hybridized carbons (Fsp3) is 1.00. The lowest BCUT2D eigenvalue weighted by atomic mass is 9.67. The Labute approximate surface area is 107 Å². The fourth-order valence-corrected chi connectivity index (χ4v) is 2.68. The number of aliphatic hydroxyl groups excluding tert-OH is 1. The highest BCUT2D eigenvalue weighted by Gasteiger charge is 2.34. The zero-order valence-electron chi connectivity index (χ0n) is 11.8. The van der Waals surface area contributed by atoms with Crippen molar-refractivity contribution in [2.24, 2.45) is 5.41 Å². The number of hydrogen-bond acceptors (Lipinski definition) is 3. The van der Waals surface area contributed by atoms with Gasteiger partial charge in [-0.2, -0.15) is 0 Å². The molecule has 1 aliphatic carbocycles. The molecule has 1 rings (SSSR count). The SMILES string of the molecule is CCN(CC)CC(O)CNCC1(CC)CCC1. The molecule has 3 heteroatoms. The molecule has 0 spiro atoms. The summed E-state index contributed by atoms with van der Waals surface area (Å²) < 4.78 is 0. The molecule has 1 atom stereocenters. The van der Waals surface area contributed by atoms with E-state index in [4.69, 9.17) is 0 Å². The summed E-state index contributed by atoms with van der Waals surface area (Å²) >= 11 is 0. The normalized spacial score (nSPS) is 20.3. The lowest BCUT2D eigenvalue weighted by Crippen LogP contribution is -2.44. The minimum atomic E-state index is -0.233.